The number of amides is 2. The Balaban J connectivity index is 2.06. The molecule has 0 fully saturated rings. The van der Waals surface area contributed by atoms with Crippen LogP contribution in [0.25, 0.3) is 0 Å². The van der Waals surface area contributed by atoms with E-state index in [2.05, 4.69) is 10.6 Å². The van der Waals surface area contributed by atoms with E-state index in [0.717, 1.165) is 25.0 Å². The quantitative estimate of drug-likeness (QED) is 0.613. The lowest BCUT2D eigenvalue weighted by atomic mass is 10.1. The minimum Gasteiger partial charge on any atom is -0.352 e. The molecule has 7 heteroatoms. The number of anilines is 1. The first kappa shape index (κ1) is 18.5. The van der Waals surface area contributed by atoms with Crippen LogP contribution in [0.4, 0.5) is 18.9 Å². The summed E-state index contributed by atoms with van der Waals surface area (Å²) in [5.74, 6) is -5.43. The lowest BCUT2D eigenvalue weighted by Crippen LogP contribution is -2.24. The molecule has 0 aliphatic carbocycles. The maximum absolute atomic E-state index is 13.6. The summed E-state index contributed by atoms with van der Waals surface area (Å²) in [5.41, 5.74) is 0.0613. The van der Waals surface area contributed by atoms with E-state index in [9.17, 15) is 22.8 Å². The van der Waals surface area contributed by atoms with Crippen LogP contribution in [0.15, 0.2) is 36.4 Å². The average Bonchev–Trinajstić information content (AvgIpc) is 2.62. The SMILES string of the molecule is CCCCNC(=O)c1ccc(C(=O)Nc2ccc(F)c(F)c2F)cc1. The van der Waals surface area contributed by atoms with Gasteiger partial charge < -0.3 is 10.6 Å². The van der Waals surface area contributed by atoms with Gasteiger partial charge in [0.1, 0.15) is 0 Å². The molecule has 0 aromatic heterocycles. The molecule has 0 saturated heterocycles. The molecule has 0 atom stereocenters. The van der Waals surface area contributed by atoms with E-state index >= 15 is 0 Å². The molecular formula is C18H17F3N2O2. The van der Waals surface area contributed by atoms with Crippen LogP contribution >= 0.6 is 0 Å². The molecule has 0 saturated carbocycles. The van der Waals surface area contributed by atoms with Gasteiger partial charge in [-0.25, -0.2) is 13.2 Å². The van der Waals surface area contributed by atoms with Crippen molar-refractivity contribution in [1.82, 2.24) is 5.32 Å². The fourth-order valence-corrected chi connectivity index (χ4v) is 2.07. The van der Waals surface area contributed by atoms with Gasteiger partial charge >= 0.3 is 0 Å². The van der Waals surface area contributed by atoms with E-state index in [1.165, 1.54) is 24.3 Å². The standard InChI is InChI=1S/C18H17F3N2O2/c1-2-3-10-22-17(24)11-4-6-12(7-5-11)18(25)23-14-9-8-13(19)15(20)16(14)21/h4-9H,2-3,10H2,1H3,(H,22,24)(H,23,25). The van der Waals surface area contributed by atoms with E-state index in [1.54, 1.807) is 0 Å². The second kappa shape index (κ2) is 8.32. The maximum atomic E-state index is 13.6. The van der Waals surface area contributed by atoms with Crippen molar-refractivity contribution in [2.75, 3.05) is 11.9 Å². The highest BCUT2D eigenvalue weighted by molar-refractivity contribution is 6.05. The smallest absolute Gasteiger partial charge is 0.255 e. The highest BCUT2D eigenvalue weighted by Gasteiger charge is 2.16. The summed E-state index contributed by atoms with van der Waals surface area (Å²) in [7, 11) is 0. The minimum absolute atomic E-state index is 0.147. The summed E-state index contributed by atoms with van der Waals surface area (Å²) in [6.07, 6.45) is 1.83. The highest BCUT2D eigenvalue weighted by Crippen LogP contribution is 2.20. The molecular weight excluding hydrogens is 333 g/mol. The molecule has 4 nitrogen and oxygen atoms in total. The van der Waals surface area contributed by atoms with Crippen LogP contribution in [0.3, 0.4) is 0 Å². The topological polar surface area (TPSA) is 58.2 Å². The molecule has 132 valence electrons. The molecule has 0 heterocycles. The first-order valence-electron chi connectivity index (χ1n) is 7.77. The Labute approximate surface area is 143 Å². The number of carbonyl (C=O) groups excluding carboxylic acids is 2. The Morgan fingerprint density at radius 3 is 2.08 bits per heavy atom. The molecule has 25 heavy (non-hydrogen) atoms. The van der Waals surface area contributed by atoms with Gasteiger partial charge in [0.25, 0.3) is 11.8 Å². The molecule has 2 rings (SSSR count). The van der Waals surface area contributed by atoms with Gasteiger partial charge in [-0.05, 0) is 42.8 Å². The predicted molar refractivity (Wildman–Crippen MR) is 88.0 cm³/mol. The van der Waals surface area contributed by atoms with E-state index in [-0.39, 0.29) is 11.5 Å². The zero-order chi connectivity index (χ0) is 18.4. The number of nitrogens with one attached hydrogen (secondary N) is 2. The minimum atomic E-state index is -1.66. The van der Waals surface area contributed by atoms with E-state index in [1.807, 2.05) is 6.92 Å². The van der Waals surface area contributed by atoms with Gasteiger partial charge in [0.05, 0.1) is 5.69 Å². The van der Waals surface area contributed by atoms with Gasteiger partial charge in [0, 0.05) is 17.7 Å². The van der Waals surface area contributed by atoms with Gasteiger partial charge in [-0.15, -0.1) is 0 Å². The lowest BCUT2D eigenvalue weighted by molar-refractivity contribution is 0.0951. The molecule has 0 unspecified atom stereocenters. The van der Waals surface area contributed by atoms with Crippen molar-refractivity contribution in [1.29, 1.82) is 0 Å². The van der Waals surface area contributed by atoms with Gasteiger partial charge in [-0.3, -0.25) is 9.59 Å². The predicted octanol–water partition coefficient (Wildman–Crippen LogP) is 3.89. The monoisotopic (exact) mass is 350 g/mol. The number of rotatable bonds is 6. The third kappa shape index (κ3) is 4.59. The van der Waals surface area contributed by atoms with Crippen molar-refractivity contribution in [2.45, 2.75) is 19.8 Å². The molecule has 0 spiro atoms. The summed E-state index contributed by atoms with van der Waals surface area (Å²) >= 11 is 0. The van der Waals surface area contributed by atoms with E-state index < -0.39 is 29.0 Å². The number of hydrogen-bond acceptors (Lipinski definition) is 2. The fraction of sp³-hybridized carbons (Fsp3) is 0.222. The molecule has 0 aliphatic rings. The van der Waals surface area contributed by atoms with Crippen molar-refractivity contribution < 1.29 is 22.8 Å². The van der Waals surface area contributed by atoms with Crippen LogP contribution in [0.1, 0.15) is 40.5 Å². The highest BCUT2D eigenvalue weighted by atomic mass is 19.2. The molecule has 2 amide bonds. The van der Waals surface area contributed by atoms with Gasteiger partial charge in [0.2, 0.25) is 0 Å². The zero-order valence-electron chi connectivity index (χ0n) is 13.5. The normalized spacial score (nSPS) is 10.4. The number of halogens is 3. The Morgan fingerprint density at radius 1 is 0.880 bits per heavy atom. The van der Waals surface area contributed by atoms with Crippen molar-refractivity contribution >= 4 is 17.5 Å². The van der Waals surface area contributed by atoms with Crippen LogP contribution in [0, 0.1) is 17.5 Å². The van der Waals surface area contributed by atoms with Crippen molar-refractivity contribution in [3.8, 4) is 0 Å². The zero-order valence-corrected chi connectivity index (χ0v) is 13.5. The number of hydrogen-bond donors (Lipinski definition) is 2. The number of unbranched alkanes of at least 4 members (excludes halogenated alkanes) is 1. The van der Waals surface area contributed by atoms with Crippen LogP contribution in [-0.4, -0.2) is 18.4 Å². The molecule has 0 bridgehead atoms. The largest absolute Gasteiger partial charge is 0.352 e. The summed E-state index contributed by atoms with van der Waals surface area (Å²) in [5, 5.41) is 4.91. The van der Waals surface area contributed by atoms with E-state index in [4.69, 9.17) is 0 Å². The first-order valence-corrected chi connectivity index (χ1v) is 7.77. The molecule has 2 aromatic carbocycles. The second-order valence-corrected chi connectivity index (χ2v) is 5.36. The average molecular weight is 350 g/mol. The molecule has 0 aliphatic heterocycles. The first-order chi connectivity index (χ1) is 11.9. The number of carbonyl (C=O) groups is 2. The fourth-order valence-electron chi connectivity index (χ4n) is 2.07. The third-order valence-electron chi connectivity index (χ3n) is 3.51. The summed E-state index contributed by atoms with van der Waals surface area (Å²) in [4.78, 5) is 23.9. The lowest BCUT2D eigenvalue weighted by Gasteiger charge is -2.08. The van der Waals surface area contributed by atoms with Crippen LogP contribution in [0.5, 0.6) is 0 Å². The van der Waals surface area contributed by atoms with Crippen molar-refractivity contribution in [2.24, 2.45) is 0 Å². The van der Waals surface area contributed by atoms with Crippen LogP contribution < -0.4 is 10.6 Å². The summed E-state index contributed by atoms with van der Waals surface area (Å²) in [6.45, 7) is 2.57. The van der Waals surface area contributed by atoms with Gasteiger partial charge in [0.15, 0.2) is 17.5 Å². The molecule has 0 radical (unpaired) electrons. The Morgan fingerprint density at radius 2 is 1.48 bits per heavy atom. The summed E-state index contributed by atoms with van der Waals surface area (Å²) < 4.78 is 39.6. The second-order valence-electron chi connectivity index (χ2n) is 5.36. The Kier molecular flexibility index (Phi) is 6.16. The van der Waals surface area contributed by atoms with Gasteiger partial charge in [-0.1, -0.05) is 13.3 Å². The number of benzene rings is 2. The van der Waals surface area contributed by atoms with Crippen molar-refractivity contribution in [3.63, 3.8) is 0 Å². The molecule has 2 aromatic rings. The van der Waals surface area contributed by atoms with Crippen LogP contribution in [-0.2, 0) is 0 Å². The van der Waals surface area contributed by atoms with Crippen LogP contribution in [0.2, 0.25) is 0 Å². The van der Waals surface area contributed by atoms with Gasteiger partial charge in [-0.2, -0.15) is 0 Å². The Bertz CT molecular complexity index is 777. The Hall–Kier alpha value is -2.83. The molecule has 2 N–H and O–H groups in total. The maximum Gasteiger partial charge on any atom is 0.255 e. The summed E-state index contributed by atoms with van der Waals surface area (Å²) in [6, 6.07) is 7.35. The van der Waals surface area contributed by atoms with Crippen molar-refractivity contribution in [3.05, 3.63) is 65.0 Å². The third-order valence-corrected chi connectivity index (χ3v) is 3.51. The van der Waals surface area contributed by atoms with E-state index in [0.29, 0.717) is 12.1 Å².